The summed E-state index contributed by atoms with van der Waals surface area (Å²) in [5.41, 5.74) is 3.67. The fourth-order valence-corrected chi connectivity index (χ4v) is 5.04. The molecule has 6 nitrogen and oxygen atoms in total. The van der Waals surface area contributed by atoms with Crippen molar-refractivity contribution >= 4 is 12.2 Å². The van der Waals surface area contributed by atoms with Gasteiger partial charge in [0.25, 0.3) is 0 Å². The molecule has 2 aromatic carbocycles. The molecule has 1 fully saturated rings. The third-order valence-corrected chi connectivity index (χ3v) is 6.94. The minimum Gasteiger partial charge on any atom is -0.296 e. The monoisotopic (exact) mass is 482 g/mol. The first-order chi connectivity index (χ1) is 17.2. The Morgan fingerprint density at radius 3 is 2.03 bits per heavy atom. The predicted molar refractivity (Wildman–Crippen MR) is 142 cm³/mol. The summed E-state index contributed by atoms with van der Waals surface area (Å²) in [6, 6.07) is 25.8. The molecule has 0 bridgehead atoms. The van der Waals surface area contributed by atoms with Crippen molar-refractivity contribution in [2.75, 3.05) is 26.2 Å². The number of piperazine rings is 1. The lowest BCUT2D eigenvalue weighted by molar-refractivity contribution is 0.0844. The predicted octanol–water partition coefficient (Wildman–Crippen LogP) is 5.03. The van der Waals surface area contributed by atoms with E-state index in [1.807, 2.05) is 27.5 Å². The van der Waals surface area contributed by atoms with Gasteiger partial charge in [-0.2, -0.15) is 5.10 Å². The molecule has 0 spiro atoms. The van der Waals surface area contributed by atoms with Crippen molar-refractivity contribution in [3.8, 4) is 11.4 Å². The molecule has 4 aromatic rings. The first kappa shape index (κ1) is 23.4. The van der Waals surface area contributed by atoms with Crippen molar-refractivity contribution in [2.24, 2.45) is 0 Å². The molecule has 0 saturated carbocycles. The minimum atomic E-state index is 0.256. The molecule has 1 saturated heterocycles. The van der Waals surface area contributed by atoms with Crippen LogP contribution in [0.4, 0.5) is 0 Å². The third-order valence-electron chi connectivity index (χ3n) is 6.51. The van der Waals surface area contributed by atoms with Gasteiger partial charge in [-0.1, -0.05) is 66.7 Å². The summed E-state index contributed by atoms with van der Waals surface area (Å²) in [6.07, 6.45) is 5.42. The molecule has 1 aliphatic heterocycles. The molecule has 0 atom stereocenters. The quantitative estimate of drug-likeness (QED) is 0.260. The topological polar surface area (TPSA) is 42.1 Å². The summed E-state index contributed by atoms with van der Waals surface area (Å²) in [7, 11) is 0. The smallest absolute Gasteiger partial charge is 0.199 e. The van der Waals surface area contributed by atoms with E-state index in [0.717, 1.165) is 37.6 Å². The van der Waals surface area contributed by atoms with Crippen molar-refractivity contribution in [3.05, 3.63) is 114 Å². The number of benzene rings is 2. The molecule has 0 unspecified atom stereocenters. The molecule has 0 N–H and O–H groups in total. The maximum atomic E-state index is 5.80. The van der Waals surface area contributed by atoms with E-state index in [4.69, 9.17) is 17.3 Å². The van der Waals surface area contributed by atoms with E-state index < -0.39 is 0 Å². The Kier molecular flexibility index (Phi) is 7.28. The molecular formula is C28H30N6S. The highest BCUT2D eigenvalue weighted by molar-refractivity contribution is 7.71. The number of aromatic nitrogens is 4. The van der Waals surface area contributed by atoms with Crippen molar-refractivity contribution < 1.29 is 0 Å². The number of hydrogen-bond donors (Lipinski definition) is 0. The van der Waals surface area contributed by atoms with Gasteiger partial charge in [-0.15, -0.1) is 6.58 Å². The van der Waals surface area contributed by atoms with E-state index in [-0.39, 0.29) is 6.04 Å². The summed E-state index contributed by atoms with van der Waals surface area (Å²) in [6.45, 7) is 9.07. The number of nitrogens with zero attached hydrogens (tertiary/aromatic N) is 6. The average Bonchev–Trinajstić information content (AvgIpc) is 3.22. The van der Waals surface area contributed by atoms with E-state index in [0.29, 0.717) is 18.0 Å². The van der Waals surface area contributed by atoms with Gasteiger partial charge in [0.1, 0.15) is 0 Å². The summed E-state index contributed by atoms with van der Waals surface area (Å²) < 4.78 is 4.69. The molecule has 7 heteroatoms. The van der Waals surface area contributed by atoms with Crippen molar-refractivity contribution in [3.63, 3.8) is 0 Å². The molecule has 35 heavy (non-hydrogen) atoms. The number of allylic oxidation sites excluding steroid dienone is 1. The molecule has 5 rings (SSSR count). The van der Waals surface area contributed by atoms with Gasteiger partial charge in [-0.3, -0.25) is 19.4 Å². The van der Waals surface area contributed by atoms with Crippen LogP contribution in [-0.2, 0) is 13.2 Å². The fraction of sp³-hybridized carbons (Fsp3) is 0.250. The van der Waals surface area contributed by atoms with Gasteiger partial charge in [0, 0.05) is 50.7 Å². The van der Waals surface area contributed by atoms with Crippen LogP contribution in [0.25, 0.3) is 11.4 Å². The van der Waals surface area contributed by atoms with Gasteiger partial charge in [-0.25, -0.2) is 4.68 Å². The van der Waals surface area contributed by atoms with E-state index >= 15 is 0 Å². The van der Waals surface area contributed by atoms with Crippen molar-refractivity contribution in [2.45, 2.75) is 19.3 Å². The second kappa shape index (κ2) is 10.9. The van der Waals surface area contributed by atoms with Gasteiger partial charge in [0.05, 0.1) is 12.7 Å². The summed E-state index contributed by atoms with van der Waals surface area (Å²) in [5, 5.41) is 4.89. The highest BCUT2D eigenvalue weighted by Crippen LogP contribution is 2.29. The van der Waals surface area contributed by atoms with E-state index in [1.54, 1.807) is 12.4 Å². The zero-order valence-corrected chi connectivity index (χ0v) is 20.6. The van der Waals surface area contributed by atoms with Gasteiger partial charge < -0.3 is 0 Å². The Labute approximate surface area is 211 Å². The molecule has 3 heterocycles. The van der Waals surface area contributed by atoms with Gasteiger partial charge >= 0.3 is 0 Å². The molecule has 0 aliphatic carbocycles. The average molecular weight is 483 g/mol. The number of rotatable bonds is 8. The van der Waals surface area contributed by atoms with Gasteiger partial charge in [-0.05, 0) is 35.5 Å². The Morgan fingerprint density at radius 1 is 0.857 bits per heavy atom. The zero-order valence-electron chi connectivity index (χ0n) is 19.8. The SMILES string of the molecule is C=CCn1c(-c2ccncc2)nn(CN2CCN(C(c3ccccc3)c3ccccc3)CC2)c1=S. The minimum absolute atomic E-state index is 0.256. The van der Waals surface area contributed by atoms with Crippen molar-refractivity contribution in [1.82, 2.24) is 29.1 Å². The lowest BCUT2D eigenvalue weighted by Gasteiger charge is -2.39. The second-order valence-corrected chi connectivity index (χ2v) is 9.13. The van der Waals surface area contributed by atoms with E-state index in [1.165, 1.54) is 11.1 Å². The first-order valence-corrected chi connectivity index (χ1v) is 12.4. The Bertz CT molecular complexity index is 1250. The van der Waals surface area contributed by atoms with Gasteiger partial charge in [0.2, 0.25) is 0 Å². The highest BCUT2D eigenvalue weighted by atomic mass is 32.1. The van der Waals surface area contributed by atoms with Gasteiger partial charge in [0.15, 0.2) is 10.6 Å². The van der Waals surface area contributed by atoms with Crippen LogP contribution in [0.2, 0.25) is 0 Å². The summed E-state index contributed by atoms with van der Waals surface area (Å²) in [4.78, 5) is 9.15. The normalized spacial score (nSPS) is 14.9. The fourth-order valence-electron chi connectivity index (χ4n) is 4.78. The van der Waals surface area contributed by atoms with Crippen LogP contribution in [0.15, 0.2) is 97.8 Å². The van der Waals surface area contributed by atoms with Crippen molar-refractivity contribution in [1.29, 1.82) is 0 Å². The molecule has 0 amide bonds. The number of hydrogen-bond acceptors (Lipinski definition) is 5. The Morgan fingerprint density at radius 2 is 1.46 bits per heavy atom. The van der Waals surface area contributed by atoms with E-state index in [9.17, 15) is 0 Å². The van der Waals surface area contributed by atoms with Crippen LogP contribution in [0, 0.1) is 4.77 Å². The molecular weight excluding hydrogens is 452 g/mol. The summed E-state index contributed by atoms with van der Waals surface area (Å²) >= 11 is 5.80. The zero-order chi connectivity index (χ0) is 24.0. The maximum absolute atomic E-state index is 5.80. The molecule has 1 aliphatic rings. The summed E-state index contributed by atoms with van der Waals surface area (Å²) in [5.74, 6) is 0.851. The van der Waals surface area contributed by atoms with Crippen LogP contribution >= 0.6 is 12.2 Å². The first-order valence-electron chi connectivity index (χ1n) is 12.0. The van der Waals surface area contributed by atoms with Crippen LogP contribution in [0.1, 0.15) is 17.2 Å². The van der Waals surface area contributed by atoms with E-state index in [2.05, 4.69) is 82.0 Å². The Balaban J connectivity index is 1.33. The standard InChI is InChI=1S/C28H30N6S/c1-2-17-33-27(25-13-15-29-16-14-25)30-34(28(33)35)22-31-18-20-32(21-19-31)26(23-9-5-3-6-10-23)24-11-7-4-8-12-24/h2-16,26H,1,17-22H2. The lowest BCUT2D eigenvalue weighted by Crippen LogP contribution is -2.48. The number of pyridine rings is 1. The third kappa shape index (κ3) is 5.17. The maximum Gasteiger partial charge on any atom is 0.199 e. The highest BCUT2D eigenvalue weighted by Gasteiger charge is 2.27. The van der Waals surface area contributed by atoms with Crippen LogP contribution < -0.4 is 0 Å². The molecule has 2 aromatic heterocycles. The lowest BCUT2D eigenvalue weighted by atomic mass is 9.96. The largest absolute Gasteiger partial charge is 0.296 e. The molecule has 178 valence electrons. The van der Waals surface area contributed by atoms with Crippen LogP contribution in [-0.4, -0.2) is 55.3 Å². The van der Waals surface area contributed by atoms with Crippen LogP contribution in [0.5, 0.6) is 0 Å². The molecule has 0 radical (unpaired) electrons. The second-order valence-electron chi connectivity index (χ2n) is 8.76. The van der Waals surface area contributed by atoms with Crippen LogP contribution in [0.3, 0.4) is 0 Å². The Hall–Kier alpha value is -3.39.